The number of esters is 1. The van der Waals surface area contributed by atoms with Crippen molar-refractivity contribution in [1.82, 2.24) is 4.98 Å². The first-order valence-electron chi connectivity index (χ1n) is 11.2. The Morgan fingerprint density at radius 3 is 2.28 bits per heavy atom. The Morgan fingerprint density at radius 1 is 0.944 bits per heavy atom. The number of amides is 1. The number of Topliss-reactive ketones (excluding diaryl/α,β-unsaturated/α-hetero) is 1. The van der Waals surface area contributed by atoms with Crippen molar-refractivity contribution in [2.24, 2.45) is 0 Å². The van der Waals surface area contributed by atoms with E-state index in [0.29, 0.717) is 28.3 Å². The first kappa shape index (κ1) is 22.9. The maximum Gasteiger partial charge on any atom is 0.308 e. The van der Waals surface area contributed by atoms with Crippen molar-refractivity contribution in [2.75, 3.05) is 12.0 Å². The fourth-order valence-electron chi connectivity index (χ4n) is 4.45. The number of benzene rings is 3. The monoisotopic (exact) mass is 482 g/mol. The Hall–Kier alpha value is -4.85. The van der Waals surface area contributed by atoms with Gasteiger partial charge in [0.1, 0.15) is 17.3 Å². The van der Waals surface area contributed by atoms with Crippen LogP contribution in [-0.2, 0) is 14.4 Å². The van der Waals surface area contributed by atoms with E-state index in [4.69, 9.17) is 9.47 Å². The Kier molecular flexibility index (Phi) is 5.77. The minimum absolute atomic E-state index is 0.0409. The number of rotatable bonds is 5. The molecule has 1 aromatic heterocycles. The number of methoxy groups -OCH3 is 1. The Labute approximate surface area is 206 Å². The average molecular weight is 482 g/mol. The Morgan fingerprint density at radius 2 is 1.61 bits per heavy atom. The summed E-state index contributed by atoms with van der Waals surface area (Å²) < 4.78 is 10.3. The zero-order chi connectivity index (χ0) is 25.4. The van der Waals surface area contributed by atoms with E-state index in [0.717, 1.165) is 10.9 Å². The van der Waals surface area contributed by atoms with Crippen LogP contribution in [0, 0.1) is 0 Å². The molecule has 0 radical (unpaired) electrons. The second kappa shape index (κ2) is 9.07. The lowest BCUT2D eigenvalue weighted by Crippen LogP contribution is -2.29. The summed E-state index contributed by atoms with van der Waals surface area (Å²) in [6, 6.07) is 19.7. The van der Waals surface area contributed by atoms with Crippen molar-refractivity contribution in [3.63, 3.8) is 0 Å². The molecule has 0 bridgehead atoms. The van der Waals surface area contributed by atoms with Crippen LogP contribution in [0.3, 0.4) is 0 Å². The highest BCUT2D eigenvalue weighted by molar-refractivity contribution is 6.51. The zero-order valence-electron chi connectivity index (χ0n) is 19.5. The van der Waals surface area contributed by atoms with Crippen LogP contribution in [0.5, 0.6) is 11.5 Å². The van der Waals surface area contributed by atoms with Gasteiger partial charge in [-0.2, -0.15) is 0 Å². The number of carbonyl (C=O) groups is 3. The molecule has 5 rings (SSSR count). The fourth-order valence-corrected chi connectivity index (χ4v) is 4.45. The van der Waals surface area contributed by atoms with Crippen LogP contribution in [-0.4, -0.2) is 34.9 Å². The van der Waals surface area contributed by atoms with E-state index in [1.54, 1.807) is 54.7 Å². The number of aliphatic hydroxyl groups is 1. The molecule has 2 N–H and O–H groups in total. The molecule has 1 atom stereocenters. The van der Waals surface area contributed by atoms with Gasteiger partial charge in [0.15, 0.2) is 0 Å². The standard InChI is InChI=1S/C28H22N2O6/c1-16(31)36-20-11-7-17(8-12-20)25-24(26(32)22-15-29-23-6-4-3-5-21(22)23)27(33)28(34)30(25)18-9-13-19(35-2)14-10-18/h3-15,25,29,32H,1-2H3/b26-24-. The summed E-state index contributed by atoms with van der Waals surface area (Å²) >= 11 is 0. The van der Waals surface area contributed by atoms with E-state index >= 15 is 0 Å². The highest BCUT2D eigenvalue weighted by Crippen LogP contribution is 2.43. The van der Waals surface area contributed by atoms with Crippen LogP contribution >= 0.6 is 0 Å². The topological polar surface area (TPSA) is 109 Å². The predicted molar refractivity (Wildman–Crippen MR) is 134 cm³/mol. The Balaban J connectivity index is 1.69. The number of hydrogen-bond acceptors (Lipinski definition) is 6. The van der Waals surface area contributed by atoms with Crippen molar-refractivity contribution in [3.05, 3.63) is 95.7 Å². The van der Waals surface area contributed by atoms with Gasteiger partial charge in [-0.3, -0.25) is 19.3 Å². The van der Waals surface area contributed by atoms with Gasteiger partial charge in [0, 0.05) is 35.3 Å². The van der Waals surface area contributed by atoms with Gasteiger partial charge < -0.3 is 19.6 Å². The van der Waals surface area contributed by atoms with E-state index in [-0.39, 0.29) is 11.3 Å². The molecular formula is C28H22N2O6. The molecule has 8 heteroatoms. The number of aromatic amines is 1. The summed E-state index contributed by atoms with van der Waals surface area (Å²) in [4.78, 5) is 42.5. The minimum atomic E-state index is -0.918. The Bertz CT molecular complexity index is 1520. The third-order valence-corrected chi connectivity index (χ3v) is 6.10. The molecule has 1 amide bonds. The maximum absolute atomic E-state index is 13.4. The number of aliphatic hydroxyl groups excluding tert-OH is 1. The molecule has 1 unspecified atom stereocenters. The molecule has 8 nitrogen and oxygen atoms in total. The number of nitrogens with one attached hydrogen (secondary N) is 1. The van der Waals surface area contributed by atoms with E-state index in [9.17, 15) is 19.5 Å². The maximum atomic E-state index is 13.4. The van der Waals surface area contributed by atoms with Gasteiger partial charge >= 0.3 is 5.97 Å². The molecule has 0 saturated carbocycles. The van der Waals surface area contributed by atoms with Crippen molar-refractivity contribution < 1.29 is 29.0 Å². The molecule has 4 aromatic rings. The summed E-state index contributed by atoms with van der Waals surface area (Å²) in [7, 11) is 1.53. The molecule has 180 valence electrons. The molecule has 1 aliphatic heterocycles. The van der Waals surface area contributed by atoms with Gasteiger partial charge in [-0.05, 0) is 48.0 Å². The molecule has 0 aliphatic carbocycles. The smallest absolute Gasteiger partial charge is 0.308 e. The number of nitrogens with zero attached hydrogens (tertiary/aromatic N) is 1. The molecule has 1 aliphatic rings. The van der Waals surface area contributed by atoms with Crippen LogP contribution in [0.2, 0.25) is 0 Å². The molecule has 1 fully saturated rings. The largest absolute Gasteiger partial charge is 0.507 e. The third kappa shape index (κ3) is 3.88. The summed E-state index contributed by atoms with van der Waals surface area (Å²) in [5, 5.41) is 12.1. The van der Waals surface area contributed by atoms with Crippen molar-refractivity contribution in [1.29, 1.82) is 0 Å². The van der Waals surface area contributed by atoms with Crippen LogP contribution in [0.25, 0.3) is 16.7 Å². The number of carbonyl (C=O) groups excluding carboxylic acids is 3. The van der Waals surface area contributed by atoms with Gasteiger partial charge in [0.2, 0.25) is 0 Å². The van der Waals surface area contributed by atoms with Gasteiger partial charge in [-0.15, -0.1) is 0 Å². The summed E-state index contributed by atoms with van der Waals surface area (Å²) in [5.74, 6) is -1.40. The lowest BCUT2D eigenvalue weighted by molar-refractivity contribution is -0.132. The number of H-pyrrole nitrogens is 1. The number of para-hydroxylation sites is 1. The first-order valence-corrected chi connectivity index (χ1v) is 11.2. The zero-order valence-corrected chi connectivity index (χ0v) is 19.5. The highest BCUT2D eigenvalue weighted by atomic mass is 16.5. The second-order valence-electron chi connectivity index (χ2n) is 8.28. The summed E-state index contributed by atoms with van der Waals surface area (Å²) in [6.45, 7) is 1.30. The molecule has 1 saturated heterocycles. The van der Waals surface area contributed by atoms with E-state index in [1.165, 1.54) is 18.9 Å². The van der Waals surface area contributed by atoms with Crippen LogP contribution < -0.4 is 14.4 Å². The van der Waals surface area contributed by atoms with E-state index < -0.39 is 23.7 Å². The fraction of sp³-hybridized carbons (Fsp3) is 0.107. The normalized spacial score (nSPS) is 16.9. The quantitative estimate of drug-likeness (QED) is 0.140. The number of ether oxygens (including phenoxy) is 2. The molecular weight excluding hydrogens is 460 g/mol. The second-order valence-corrected chi connectivity index (χ2v) is 8.28. The van der Waals surface area contributed by atoms with Crippen LogP contribution in [0.4, 0.5) is 5.69 Å². The number of ketones is 1. The van der Waals surface area contributed by atoms with Gasteiger partial charge in [0.05, 0.1) is 18.7 Å². The SMILES string of the molecule is COc1ccc(N2C(=O)C(=O)/C(=C(\O)c3c[nH]c4ccccc34)C2c2ccc(OC(C)=O)cc2)cc1. The van der Waals surface area contributed by atoms with Crippen LogP contribution in [0.1, 0.15) is 24.1 Å². The number of aromatic nitrogens is 1. The first-order chi connectivity index (χ1) is 17.4. The van der Waals surface area contributed by atoms with Crippen molar-refractivity contribution in [3.8, 4) is 11.5 Å². The lowest BCUT2D eigenvalue weighted by Gasteiger charge is -2.25. The summed E-state index contributed by atoms with van der Waals surface area (Å²) in [6.07, 6.45) is 1.61. The van der Waals surface area contributed by atoms with Crippen molar-refractivity contribution in [2.45, 2.75) is 13.0 Å². The molecule has 0 spiro atoms. The minimum Gasteiger partial charge on any atom is -0.507 e. The molecule has 2 heterocycles. The van der Waals surface area contributed by atoms with Crippen molar-refractivity contribution >= 4 is 40.0 Å². The van der Waals surface area contributed by atoms with E-state index in [1.807, 2.05) is 24.3 Å². The van der Waals surface area contributed by atoms with Gasteiger partial charge in [-0.1, -0.05) is 30.3 Å². The summed E-state index contributed by atoms with van der Waals surface area (Å²) in [5.41, 5.74) is 2.18. The molecule has 36 heavy (non-hydrogen) atoms. The molecule has 3 aromatic carbocycles. The van der Waals surface area contributed by atoms with Gasteiger partial charge in [0.25, 0.3) is 11.7 Å². The predicted octanol–water partition coefficient (Wildman–Crippen LogP) is 4.73. The number of hydrogen-bond donors (Lipinski definition) is 2. The third-order valence-electron chi connectivity index (χ3n) is 6.10. The number of fused-ring (bicyclic) bond motifs is 1. The average Bonchev–Trinajstić information content (AvgIpc) is 3.43. The lowest BCUT2D eigenvalue weighted by atomic mass is 9.95. The van der Waals surface area contributed by atoms with E-state index in [2.05, 4.69) is 4.98 Å². The number of anilines is 1. The van der Waals surface area contributed by atoms with Gasteiger partial charge in [-0.25, -0.2) is 0 Å². The van der Waals surface area contributed by atoms with Crippen LogP contribution in [0.15, 0.2) is 84.6 Å². The highest BCUT2D eigenvalue weighted by Gasteiger charge is 2.47.